The van der Waals surface area contributed by atoms with Crippen LogP contribution in [-0.2, 0) is 13.0 Å². The molecule has 0 atom stereocenters. The maximum Gasteiger partial charge on any atom is 0.312 e. The van der Waals surface area contributed by atoms with Crippen LogP contribution in [0.15, 0.2) is 34.7 Å². The SMILES string of the molecule is COc1ccc(-c2ccc(C)o2)c(Cc2nc3c(N)nc(F)nc3n2CCNCC(C)C)c1. The minimum atomic E-state index is -0.865. The van der Waals surface area contributed by atoms with Gasteiger partial charge in [-0.2, -0.15) is 14.4 Å². The number of rotatable bonds is 9. The van der Waals surface area contributed by atoms with Gasteiger partial charge in [0.2, 0.25) is 0 Å². The number of methoxy groups -OCH3 is 1. The van der Waals surface area contributed by atoms with E-state index in [9.17, 15) is 4.39 Å². The fourth-order valence-corrected chi connectivity index (χ4v) is 3.82. The summed E-state index contributed by atoms with van der Waals surface area (Å²) in [6.45, 7) is 8.33. The number of ether oxygens (including phenoxy) is 1. The van der Waals surface area contributed by atoms with E-state index in [1.165, 1.54) is 0 Å². The number of aromatic nitrogens is 4. The monoisotopic (exact) mass is 452 g/mol. The standard InChI is InChI=1S/C24H29FN6O2/c1-14(2)13-27-9-10-31-20(28-21-22(26)29-24(25)30-23(21)31)12-16-11-17(32-4)6-7-18(16)19-8-5-15(3)33-19/h5-8,11,14,27H,9-10,12-13H2,1-4H3,(H2,26,29,30). The van der Waals surface area contributed by atoms with E-state index in [0.717, 1.165) is 34.9 Å². The molecule has 0 saturated heterocycles. The first-order chi connectivity index (χ1) is 15.9. The van der Waals surface area contributed by atoms with Crippen LogP contribution in [0.2, 0.25) is 0 Å². The number of fused-ring (bicyclic) bond motifs is 1. The highest BCUT2D eigenvalue weighted by Crippen LogP contribution is 2.31. The molecule has 3 heterocycles. The molecule has 0 radical (unpaired) electrons. The van der Waals surface area contributed by atoms with E-state index < -0.39 is 6.08 Å². The molecule has 9 heteroatoms. The average molecular weight is 453 g/mol. The van der Waals surface area contributed by atoms with E-state index in [4.69, 9.17) is 19.9 Å². The first kappa shape index (κ1) is 22.7. The number of anilines is 1. The molecule has 4 aromatic rings. The lowest BCUT2D eigenvalue weighted by atomic mass is 10.0. The van der Waals surface area contributed by atoms with E-state index in [1.54, 1.807) is 7.11 Å². The second-order valence-corrected chi connectivity index (χ2v) is 8.44. The molecule has 0 aliphatic carbocycles. The van der Waals surface area contributed by atoms with Crippen LogP contribution < -0.4 is 15.8 Å². The maximum absolute atomic E-state index is 14.0. The van der Waals surface area contributed by atoms with Gasteiger partial charge in [0.25, 0.3) is 0 Å². The highest BCUT2D eigenvalue weighted by Gasteiger charge is 2.19. The van der Waals surface area contributed by atoms with Crippen LogP contribution in [0.25, 0.3) is 22.5 Å². The second kappa shape index (κ2) is 9.58. The third-order valence-electron chi connectivity index (χ3n) is 5.40. The molecule has 0 unspecified atom stereocenters. The van der Waals surface area contributed by atoms with Crippen LogP contribution >= 0.6 is 0 Å². The second-order valence-electron chi connectivity index (χ2n) is 8.44. The summed E-state index contributed by atoms with van der Waals surface area (Å²) in [4.78, 5) is 12.4. The predicted molar refractivity (Wildman–Crippen MR) is 126 cm³/mol. The van der Waals surface area contributed by atoms with Crippen molar-refractivity contribution in [2.24, 2.45) is 5.92 Å². The fourth-order valence-electron chi connectivity index (χ4n) is 3.82. The smallest absolute Gasteiger partial charge is 0.312 e. The zero-order valence-corrected chi connectivity index (χ0v) is 19.4. The molecule has 0 bridgehead atoms. The van der Waals surface area contributed by atoms with Crippen LogP contribution in [0.4, 0.5) is 10.2 Å². The molecule has 33 heavy (non-hydrogen) atoms. The number of halogens is 1. The summed E-state index contributed by atoms with van der Waals surface area (Å²) >= 11 is 0. The van der Waals surface area contributed by atoms with Gasteiger partial charge in [0, 0.05) is 25.1 Å². The molecule has 1 aromatic carbocycles. The third kappa shape index (κ3) is 4.98. The Labute approximate surface area is 192 Å². The molecule has 4 rings (SSSR count). The Morgan fingerprint density at radius 1 is 1.18 bits per heavy atom. The van der Waals surface area contributed by atoms with Crippen molar-refractivity contribution in [1.82, 2.24) is 24.8 Å². The molecule has 3 N–H and O–H groups in total. The third-order valence-corrected chi connectivity index (χ3v) is 5.40. The number of nitrogens with two attached hydrogens (primary N) is 1. The van der Waals surface area contributed by atoms with E-state index in [-0.39, 0.29) is 5.82 Å². The van der Waals surface area contributed by atoms with Gasteiger partial charge in [-0.05, 0) is 55.3 Å². The highest BCUT2D eigenvalue weighted by atomic mass is 19.1. The van der Waals surface area contributed by atoms with Gasteiger partial charge in [-0.1, -0.05) is 13.8 Å². The van der Waals surface area contributed by atoms with Gasteiger partial charge in [-0.25, -0.2) is 4.98 Å². The van der Waals surface area contributed by atoms with Crippen LogP contribution in [0.3, 0.4) is 0 Å². The van der Waals surface area contributed by atoms with Gasteiger partial charge in [-0.15, -0.1) is 0 Å². The lowest BCUT2D eigenvalue weighted by molar-refractivity contribution is 0.414. The summed E-state index contributed by atoms with van der Waals surface area (Å²) in [7, 11) is 1.63. The minimum absolute atomic E-state index is 0.0279. The van der Waals surface area contributed by atoms with E-state index in [1.807, 2.05) is 41.8 Å². The summed E-state index contributed by atoms with van der Waals surface area (Å²) < 4.78 is 27.2. The molecule has 0 fully saturated rings. The number of nitrogen functional groups attached to an aromatic ring is 1. The Morgan fingerprint density at radius 2 is 2.00 bits per heavy atom. The van der Waals surface area contributed by atoms with Crippen molar-refractivity contribution in [1.29, 1.82) is 0 Å². The van der Waals surface area contributed by atoms with Gasteiger partial charge in [0.15, 0.2) is 17.0 Å². The summed E-state index contributed by atoms with van der Waals surface area (Å²) in [6.07, 6.45) is -0.413. The number of furan rings is 1. The number of hydrogen-bond donors (Lipinski definition) is 2. The maximum atomic E-state index is 14.0. The number of nitrogens with zero attached hydrogens (tertiary/aromatic N) is 4. The van der Waals surface area contributed by atoms with Gasteiger partial charge >= 0.3 is 6.08 Å². The number of aryl methyl sites for hydroxylation is 1. The first-order valence-corrected chi connectivity index (χ1v) is 11.0. The predicted octanol–water partition coefficient (Wildman–Crippen LogP) is 3.96. The van der Waals surface area contributed by atoms with Crippen LogP contribution in [0, 0.1) is 18.9 Å². The van der Waals surface area contributed by atoms with Gasteiger partial charge < -0.3 is 24.8 Å². The van der Waals surface area contributed by atoms with Crippen molar-refractivity contribution in [3.8, 4) is 17.1 Å². The van der Waals surface area contributed by atoms with Crippen molar-refractivity contribution in [2.45, 2.75) is 33.7 Å². The Balaban J connectivity index is 1.76. The molecule has 0 aliphatic heterocycles. The minimum Gasteiger partial charge on any atom is -0.497 e. The van der Waals surface area contributed by atoms with E-state index >= 15 is 0 Å². The van der Waals surface area contributed by atoms with Crippen LogP contribution in [0.1, 0.15) is 31.0 Å². The molecular weight excluding hydrogens is 423 g/mol. The van der Waals surface area contributed by atoms with Crippen molar-refractivity contribution in [3.63, 3.8) is 0 Å². The Hall–Kier alpha value is -3.46. The van der Waals surface area contributed by atoms with Crippen molar-refractivity contribution >= 4 is 17.0 Å². The Morgan fingerprint density at radius 3 is 2.70 bits per heavy atom. The Bertz CT molecular complexity index is 1260. The summed E-state index contributed by atoms with van der Waals surface area (Å²) in [5, 5.41) is 3.41. The van der Waals surface area contributed by atoms with Gasteiger partial charge in [0.05, 0.1) is 7.11 Å². The van der Waals surface area contributed by atoms with E-state index in [0.29, 0.717) is 42.4 Å². The largest absolute Gasteiger partial charge is 0.497 e. The fraction of sp³-hybridized carbons (Fsp3) is 0.375. The molecule has 0 amide bonds. The number of hydrogen-bond acceptors (Lipinski definition) is 7. The molecule has 3 aromatic heterocycles. The number of benzene rings is 1. The molecule has 0 spiro atoms. The van der Waals surface area contributed by atoms with Crippen LogP contribution in [-0.4, -0.2) is 39.7 Å². The normalized spacial score (nSPS) is 11.6. The van der Waals surface area contributed by atoms with Crippen molar-refractivity contribution in [3.05, 3.63) is 53.6 Å². The average Bonchev–Trinajstić information content (AvgIpc) is 3.35. The van der Waals surface area contributed by atoms with Crippen molar-refractivity contribution in [2.75, 3.05) is 25.9 Å². The zero-order valence-electron chi connectivity index (χ0n) is 19.4. The number of imidazole rings is 1. The zero-order chi connectivity index (χ0) is 23.5. The topological polar surface area (TPSA) is 104 Å². The first-order valence-electron chi connectivity index (χ1n) is 11.0. The lowest BCUT2D eigenvalue weighted by Gasteiger charge is -2.13. The van der Waals surface area contributed by atoms with Crippen molar-refractivity contribution < 1.29 is 13.5 Å². The number of nitrogens with one attached hydrogen (secondary N) is 1. The highest BCUT2D eigenvalue weighted by molar-refractivity contribution is 5.82. The molecule has 8 nitrogen and oxygen atoms in total. The van der Waals surface area contributed by atoms with Gasteiger partial charge in [0.1, 0.15) is 23.1 Å². The summed E-state index contributed by atoms with van der Waals surface area (Å²) in [6, 6.07) is 9.70. The van der Waals surface area contributed by atoms with Gasteiger partial charge in [-0.3, -0.25) is 0 Å². The quantitative estimate of drug-likeness (QED) is 0.293. The van der Waals surface area contributed by atoms with E-state index in [2.05, 4.69) is 29.1 Å². The Kier molecular flexibility index (Phi) is 6.60. The molecule has 0 saturated carbocycles. The lowest BCUT2D eigenvalue weighted by Crippen LogP contribution is -2.25. The van der Waals surface area contributed by atoms with Crippen LogP contribution in [0.5, 0.6) is 5.75 Å². The molecule has 174 valence electrons. The molecule has 0 aliphatic rings. The molecular formula is C24H29FN6O2. The summed E-state index contributed by atoms with van der Waals surface area (Å²) in [5.74, 6) is 3.57. The summed E-state index contributed by atoms with van der Waals surface area (Å²) in [5.41, 5.74) is 8.66.